The Bertz CT molecular complexity index is 2200. The molecule has 0 saturated carbocycles. The van der Waals surface area contributed by atoms with Crippen molar-refractivity contribution in [2.75, 3.05) is 13.1 Å². The first kappa shape index (κ1) is 68.6. The lowest BCUT2D eigenvalue weighted by Gasteiger charge is -2.29. The lowest BCUT2D eigenvalue weighted by molar-refractivity contribution is -0.142. The Morgan fingerprint density at radius 1 is 0.474 bits per heavy atom. The topological polar surface area (TPSA) is 486 Å². The Kier molecular flexibility index (Phi) is 31.5. The fourth-order valence-electron chi connectivity index (χ4n) is 7.62. The highest BCUT2D eigenvalue weighted by Gasteiger charge is 2.36. The number of hydrogen-bond acceptors (Lipinski definition) is 16. The van der Waals surface area contributed by atoms with Gasteiger partial charge in [-0.25, -0.2) is 4.79 Å². The molecule has 0 heterocycles. The second kappa shape index (κ2) is 35.8. The van der Waals surface area contributed by atoms with Crippen LogP contribution in [-0.4, -0.2) is 159 Å². The first-order valence-electron chi connectivity index (χ1n) is 25.9. The van der Waals surface area contributed by atoms with Gasteiger partial charge in [-0.05, 0) is 114 Å². The molecule has 0 saturated heterocycles. The summed E-state index contributed by atoms with van der Waals surface area (Å²) in [7, 11) is 0. The van der Waals surface area contributed by atoms with Crippen LogP contribution in [0.4, 0.5) is 0 Å². The van der Waals surface area contributed by atoms with Gasteiger partial charge >= 0.3 is 17.9 Å². The Morgan fingerprint density at radius 2 is 0.885 bits per heavy atom. The van der Waals surface area contributed by atoms with Crippen LogP contribution < -0.4 is 65.5 Å². The van der Waals surface area contributed by atoms with Gasteiger partial charge in [0, 0.05) is 25.7 Å². The number of carbonyl (C=O) groups excluding carboxylic acids is 9. The van der Waals surface area contributed by atoms with Crippen molar-refractivity contribution in [3.8, 4) is 5.75 Å². The first-order valence-corrected chi connectivity index (χ1v) is 25.9. The first-order chi connectivity index (χ1) is 36.6. The SMILES string of the molecule is CC(C)C[C@H](NC(=O)[C@@H](N)CCC(N)=O)C(=O)N[C@@H](CCCCN)C(=O)N[C@@H](C)C(=O)N[C@@H](CCC(=O)O)C(=O)N[C@H](C(=O)N[C@@H](CCC(=O)O)C(=O)N[C@@H](CCCCN)C(=O)N[C@@H](Cc1ccc(O)cc1)C(=O)O)C(C)C. The number of carbonyl (C=O) groups is 12. The van der Waals surface area contributed by atoms with E-state index in [9.17, 15) is 78.0 Å². The van der Waals surface area contributed by atoms with E-state index in [4.69, 9.17) is 22.9 Å². The highest BCUT2D eigenvalue weighted by Crippen LogP contribution is 2.14. The Balaban J connectivity index is 3.37. The van der Waals surface area contributed by atoms with Gasteiger partial charge in [0.25, 0.3) is 0 Å². The third kappa shape index (κ3) is 27.0. The number of phenolic OH excluding ortho intramolecular Hbond substituents is 1. The van der Waals surface area contributed by atoms with E-state index in [1.807, 2.05) is 0 Å². The summed E-state index contributed by atoms with van der Waals surface area (Å²) in [4.78, 5) is 156. The smallest absolute Gasteiger partial charge is 0.326 e. The molecule has 78 heavy (non-hydrogen) atoms. The van der Waals surface area contributed by atoms with Crippen LogP contribution >= 0.6 is 0 Å². The van der Waals surface area contributed by atoms with Gasteiger partial charge in [-0.1, -0.05) is 39.8 Å². The molecule has 9 atom stereocenters. The Morgan fingerprint density at radius 3 is 1.32 bits per heavy atom. The second-order valence-electron chi connectivity index (χ2n) is 19.7. The maximum Gasteiger partial charge on any atom is 0.326 e. The number of aliphatic carboxylic acids is 3. The van der Waals surface area contributed by atoms with E-state index in [-0.39, 0.29) is 69.7 Å². The number of aromatic hydroxyl groups is 1. The molecule has 0 aliphatic rings. The summed E-state index contributed by atoms with van der Waals surface area (Å²) < 4.78 is 0. The third-order valence-electron chi connectivity index (χ3n) is 12.1. The van der Waals surface area contributed by atoms with Gasteiger partial charge in [0.15, 0.2) is 0 Å². The second-order valence-corrected chi connectivity index (χ2v) is 19.7. The average molecular weight is 1110 g/mol. The van der Waals surface area contributed by atoms with E-state index in [2.05, 4.69) is 42.5 Å². The van der Waals surface area contributed by atoms with Gasteiger partial charge < -0.3 is 85.9 Å². The summed E-state index contributed by atoms with van der Waals surface area (Å²) in [6.45, 7) is 8.26. The number of hydrogen-bond donors (Lipinski definition) is 16. The van der Waals surface area contributed by atoms with Crippen molar-refractivity contribution < 1.29 is 78.0 Å². The summed E-state index contributed by atoms with van der Waals surface area (Å²) in [5.41, 5.74) is 22.8. The number of carboxylic acid groups (broad SMARTS) is 3. The number of carboxylic acids is 3. The zero-order valence-electron chi connectivity index (χ0n) is 45.0. The molecule has 438 valence electrons. The van der Waals surface area contributed by atoms with Gasteiger partial charge in [-0.15, -0.1) is 0 Å². The molecule has 0 unspecified atom stereocenters. The van der Waals surface area contributed by atoms with E-state index in [0.29, 0.717) is 24.8 Å². The van der Waals surface area contributed by atoms with Gasteiger partial charge in [0.2, 0.25) is 53.2 Å². The average Bonchev–Trinajstić information content (AvgIpc) is 3.35. The molecule has 0 radical (unpaired) electrons. The summed E-state index contributed by atoms with van der Waals surface area (Å²) in [6.07, 6.45) is -1.30. The summed E-state index contributed by atoms with van der Waals surface area (Å²) in [5.74, 6) is -13.2. The monoisotopic (exact) mass is 1110 g/mol. The van der Waals surface area contributed by atoms with Crippen LogP contribution in [0, 0.1) is 11.8 Å². The van der Waals surface area contributed by atoms with Crippen molar-refractivity contribution in [3.63, 3.8) is 0 Å². The molecule has 28 nitrogen and oxygen atoms in total. The molecule has 28 heteroatoms. The van der Waals surface area contributed by atoms with Gasteiger partial charge in [-0.3, -0.25) is 52.7 Å². The maximum absolute atomic E-state index is 14.0. The summed E-state index contributed by atoms with van der Waals surface area (Å²) >= 11 is 0. The fourth-order valence-corrected chi connectivity index (χ4v) is 7.62. The summed E-state index contributed by atoms with van der Waals surface area (Å²) in [5, 5.41) is 58.4. The molecule has 1 aromatic rings. The van der Waals surface area contributed by atoms with Crippen molar-refractivity contribution in [3.05, 3.63) is 29.8 Å². The van der Waals surface area contributed by atoms with Crippen LogP contribution in [0.25, 0.3) is 0 Å². The van der Waals surface area contributed by atoms with Crippen LogP contribution in [0.2, 0.25) is 0 Å². The number of unbranched alkanes of at least 4 members (excludes halogenated alkanes) is 2. The molecule has 20 N–H and O–H groups in total. The van der Waals surface area contributed by atoms with Crippen molar-refractivity contribution in [1.82, 2.24) is 42.5 Å². The predicted molar refractivity (Wildman–Crippen MR) is 281 cm³/mol. The molecule has 0 bridgehead atoms. The van der Waals surface area contributed by atoms with Crippen molar-refractivity contribution in [2.45, 2.75) is 179 Å². The van der Waals surface area contributed by atoms with E-state index in [0.717, 1.165) is 0 Å². The fraction of sp³-hybridized carbons (Fsp3) is 0.640. The Hall–Kier alpha value is -7.46. The van der Waals surface area contributed by atoms with Crippen LogP contribution in [0.5, 0.6) is 5.75 Å². The number of rotatable bonds is 39. The molecule has 0 fully saturated rings. The molecule has 0 spiro atoms. The van der Waals surface area contributed by atoms with E-state index < -0.39 is 157 Å². The molecule has 0 aliphatic heterocycles. The van der Waals surface area contributed by atoms with Crippen LogP contribution in [-0.2, 0) is 64.0 Å². The van der Waals surface area contributed by atoms with E-state index >= 15 is 0 Å². The van der Waals surface area contributed by atoms with Gasteiger partial charge in [-0.2, -0.15) is 0 Å². The minimum absolute atomic E-state index is 0.0334. The predicted octanol–water partition coefficient (Wildman–Crippen LogP) is -2.80. The highest BCUT2D eigenvalue weighted by atomic mass is 16.4. The van der Waals surface area contributed by atoms with Gasteiger partial charge in [0.05, 0.1) is 6.04 Å². The molecule has 0 aromatic heterocycles. The number of phenols is 1. The lowest BCUT2D eigenvalue weighted by atomic mass is 10.0. The third-order valence-corrected chi connectivity index (χ3v) is 12.1. The van der Waals surface area contributed by atoms with Crippen LogP contribution in [0.15, 0.2) is 24.3 Å². The molecular formula is C50H82N12O16. The zero-order valence-corrected chi connectivity index (χ0v) is 45.0. The number of benzene rings is 1. The Labute approximate surface area is 452 Å². The number of nitrogens with two attached hydrogens (primary N) is 4. The van der Waals surface area contributed by atoms with E-state index in [1.54, 1.807) is 13.8 Å². The van der Waals surface area contributed by atoms with Crippen molar-refractivity contribution in [2.24, 2.45) is 34.8 Å². The molecule has 1 aromatic carbocycles. The molecule has 9 amide bonds. The number of amides is 9. The molecule has 1 rings (SSSR count). The standard InChI is InChI=1S/C50H82N12O16/c1-26(2)24-36(60-43(70)31(53)16-19-38(54)64)48(75)58-32(10-6-8-22-51)44(71)55-28(5)42(69)56-35(18-21-40(67)68)47(74)62-41(27(3)4)49(76)59-34(17-20-39(65)66)46(73)57-33(11-7-9-23-52)45(72)61-37(50(77)78)25-29-12-14-30(63)15-13-29/h12-15,26-28,31-37,41,63H,6-11,16-25,51-53H2,1-5H3,(H2,54,64)(H,55,71)(H,56,69)(H,57,73)(H,58,75)(H,59,76)(H,60,70)(H,61,72)(H,62,74)(H,65,66)(H,67,68)(H,77,78)/t28-,31-,32-,33-,34-,35-,36-,37-,41-/m0/s1. The number of primary amides is 1. The number of nitrogens with one attached hydrogen (secondary N) is 8. The summed E-state index contributed by atoms with van der Waals surface area (Å²) in [6, 6.07) is -7.22. The molecule has 0 aliphatic carbocycles. The quantitative estimate of drug-likeness (QED) is 0.0296. The van der Waals surface area contributed by atoms with Crippen molar-refractivity contribution in [1.29, 1.82) is 0 Å². The van der Waals surface area contributed by atoms with Crippen molar-refractivity contribution >= 4 is 71.1 Å². The maximum atomic E-state index is 14.0. The minimum atomic E-state index is -1.66. The highest BCUT2D eigenvalue weighted by molar-refractivity contribution is 5.98. The van der Waals surface area contributed by atoms with Crippen LogP contribution in [0.3, 0.4) is 0 Å². The van der Waals surface area contributed by atoms with Gasteiger partial charge in [0.1, 0.15) is 54.1 Å². The van der Waals surface area contributed by atoms with E-state index in [1.165, 1.54) is 45.0 Å². The van der Waals surface area contributed by atoms with Crippen LogP contribution in [0.1, 0.15) is 124 Å². The largest absolute Gasteiger partial charge is 0.508 e. The zero-order chi connectivity index (χ0) is 59.2. The minimum Gasteiger partial charge on any atom is -0.508 e. The molecular weight excluding hydrogens is 1020 g/mol. The lowest BCUT2D eigenvalue weighted by Crippen LogP contribution is -2.61. The normalized spacial score (nSPS) is 14.6.